The molecule has 2 aliphatic heterocycles. The zero-order valence-corrected chi connectivity index (χ0v) is 13.1. The Morgan fingerprint density at radius 1 is 1.14 bits per heavy atom. The first-order valence-electron chi connectivity index (χ1n) is 7.58. The van der Waals surface area contributed by atoms with Crippen molar-refractivity contribution in [2.75, 3.05) is 32.9 Å². The van der Waals surface area contributed by atoms with Crippen LogP contribution in [0.2, 0.25) is 0 Å². The van der Waals surface area contributed by atoms with Crippen molar-refractivity contribution in [1.29, 1.82) is 0 Å². The van der Waals surface area contributed by atoms with Crippen molar-refractivity contribution >= 4 is 11.9 Å². The molecule has 21 heavy (non-hydrogen) atoms. The number of Topliss-reactive ketones (excluding diaryl/α,β-unsaturated/α-hetero) is 1. The van der Waals surface area contributed by atoms with Gasteiger partial charge in [0.2, 0.25) is 0 Å². The van der Waals surface area contributed by atoms with Crippen LogP contribution in [0.5, 0.6) is 0 Å². The molecule has 0 N–H and O–H groups in total. The summed E-state index contributed by atoms with van der Waals surface area (Å²) in [5.41, 5.74) is -0.532. The third-order valence-corrected chi connectivity index (χ3v) is 3.66. The molecule has 0 aromatic rings. The van der Waals surface area contributed by atoms with E-state index in [1.807, 2.05) is 20.8 Å². The molecule has 2 heterocycles. The molecule has 0 spiro atoms. The van der Waals surface area contributed by atoms with Gasteiger partial charge in [0, 0.05) is 25.7 Å². The molecule has 0 bridgehead atoms. The lowest BCUT2D eigenvalue weighted by atomic mass is 9.91. The molecule has 1 amide bonds. The van der Waals surface area contributed by atoms with E-state index >= 15 is 0 Å². The maximum absolute atomic E-state index is 12.4. The maximum atomic E-state index is 12.4. The van der Waals surface area contributed by atoms with Gasteiger partial charge in [0.1, 0.15) is 11.7 Å². The average Bonchev–Trinajstić information content (AvgIpc) is 2.46. The molecule has 6 heteroatoms. The van der Waals surface area contributed by atoms with Crippen LogP contribution >= 0.6 is 0 Å². The van der Waals surface area contributed by atoms with Gasteiger partial charge in [-0.05, 0) is 33.6 Å². The first-order valence-corrected chi connectivity index (χ1v) is 7.58. The molecular formula is C15H25NO5. The SMILES string of the molecule is CC(C)(C)OC(=O)N1CCOC(C(=O)C2CCOCC2)C1. The van der Waals surface area contributed by atoms with Crippen molar-refractivity contribution in [3.63, 3.8) is 0 Å². The minimum Gasteiger partial charge on any atom is -0.444 e. The largest absolute Gasteiger partial charge is 0.444 e. The molecule has 0 aromatic carbocycles. The van der Waals surface area contributed by atoms with E-state index in [-0.39, 0.29) is 24.3 Å². The molecule has 1 atom stereocenters. The van der Waals surface area contributed by atoms with Crippen LogP contribution in [0.15, 0.2) is 0 Å². The van der Waals surface area contributed by atoms with E-state index in [2.05, 4.69) is 0 Å². The Hall–Kier alpha value is -1.14. The van der Waals surface area contributed by atoms with Gasteiger partial charge in [-0.25, -0.2) is 4.79 Å². The molecule has 0 aliphatic carbocycles. The highest BCUT2D eigenvalue weighted by atomic mass is 16.6. The summed E-state index contributed by atoms with van der Waals surface area (Å²) in [7, 11) is 0. The molecular weight excluding hydrogens is 274 g/mol. The molecule has 120 valence electrons. The molecule has 2 fully saturated rings. The number of hydrogen-bond donors (Lipinski definition) is 0. The quantitative estimate of drug-likeness (QED) is 0.775. The molecule has 2 aliphatic rings. The fraction of sp³-hybridized carbons (Fsp3) is 0.867. The second kappa shape index (κ2) is 6.75. The molecule has 2 rings (SSSR count). The Morgan fingerprint density at radius 3 is 2.43 bits per heavy atom. The summed E-state index contributed by atoms with van der Waals surface area (Å²) in [6.45, 7) is 7.86. The van der Waals surface area contributed by atoms with Gasteiger partial charge in [-0.1, -0.05) is 0 Å². The van der Waals surface area contributed by atoms with Crippen molar-refractivity contribution in [3.8, 4) is 0 Å². The highest BCUT2D eigenvalue weighted by molar-refractivity contribution is 5.86. The Morgan fingerprint density at radius 2 is 1.81 bits per heavy atom. The number of carbonyl (C=O) groups is 2. The fourth-order valence-electron chi connectivity index (χ4n) is 2.56. The number of rotatable bonds is 2. The summed E-state index contributed by atoms with van der Waals surface area (Å²) >= 11 is 0. The Bertz CT molecular complexity index is 384. The van der Waals surface area contributed by atoms with Gasteiger partial charge in [-0.15, -0.1) is 0 Å². The van der Waals surface area contributed by atoms with Crippen LogP contribution in [0, 0.1) is 5.92 Å². The van der Waals surface area contributed by atoms with Gasteiger partial charge in [-0.2, -0.15) is 0 Å². The lowest BCUT2D eigenvalue weighted by Gasteiger charge is -2.35. The third-order valence-electron chi connectivity index (χ3n) is 3.66. The zero-order chi connectivity index (χ0) is 15.5. The summed E-state index contributed by atoms with van der Waals surface area (Å²) in [6.07, 6.45) is 0.570. The summed E-state index contributed by atoms with van der Waals surface area (Å²) < 4.78 is 16.2. The molecule has 0 radical (unpaired) electrons. The van der Waals surface area contributed by atoms with E-state index < -0.39 is 11.7 Å². The highest BCUT2D eigenvalue weighted by Gasteiger charge is 2.35. The fourth-order valence-corrected chi connectivity index (χ4v) is 2.56. The van der Waals surface area contributed by atoms with Crippen molar-refractivity contribution in [3.05, 3.63) is 0 Å². The number of amides is 1. The van der Waals surface area contributed by atoms with E-state index in [0.717, 1.165) is 12.8 Å². The van der Waals surface area contributed by atoms with E-state index in [1.54, 1.807) is 4.90 Å². The number of ether oxygens (including phenoxy) is 3. The maximum Gasteiger partial charge on any atom is 0.410 e. The normalized spacial score (nSPS) is 24.7. The van der Waals surface area contributed by atoms with Crippen LogP contribution in [0.4, 0.5) is 4.79 Å². The van der Waals surface area contributed by atoms with Crippen LogP contribution in [0.25, 0.3) is 0 Å². The van der Waals surface area contributed by atoms with E-state index in [1.165, 1.54) is 0 Å². The summed E-state index contributed by atoms with van der Waals surface area (Å²) in [4.78, 5) is 26.1. The lowest BCUT2D eigenvalue weighted by Crippen LogP contribution is -2.51. The van der Waals surface area contributed by atoms with E-state index in [0.29, 0.717) is 26.4 Å². The average molecular weight is 299 g/mol. The summed E-state index contributed by atoms with van der Waals surface area (Å²) in [5, 5.41) is 0. The topological polar surface area (TPSA) is 65.1 Å². The molecule has 1 unspecified atom stereocenters. The first-order chi connectivity index (χ1) is 9.87. The van der Waals surface area contributed by atoms with Crippen molar-refractivity contribution in [2.45, 2.75) is 45.3 Å². The minimum absolute atomic E-state index is 0.0117. The van der Waals surface area contributed by atoms with Crippen LogP contribution in [0.3, 0.4) is 0 Å². The summed E-state index contributed by atoms with van der Waals surface area (Å²) in [5.74, 6) is 0.0777. The van der Waals surface area contributed by atoms with E-state index in [4.69, 9.17) is 14.2 Å². The first kappa shape index (κ1) is 16.2. The number of hydrogen-bond acceptors (Lipinski definition) is 5. The Balaban J connectivity index is 1.90. The predicted octanol–water partition coefficient (Wildman–Crippen LogP) is 1.62. The van der Waals surface area contributed by atoms with Gasteiger partial charge in [0.15, 0.2) is 5.78 Å². The van der Waals surface area contributed by atoms with Gasteiger partial charge >= 0.3 is 6.09 Å². The van der Waals surface area contributed by atoms with Crippen LogP contribution in [-0.4, -0.2) is 61.4 Å². The molecule has 2 saturated heterocycles. The zero-order valence-electron chi connectivity index (χ0n) is 13.1. The van der Waals surface area contributed by atoms with Crippen molar-refractivity contribution < 1.29 is 23.8 Å². The molecule has 6 nitrogen and oxygen atoms in total. The smallest absolute Gasteiger partial charge is 0.410 e. The second-order valence-electron chi connectivity index (χ2n) is 6.57. The lowest BCUT2D eigenvalue weighted by molar-refractivity contribution is -0.142. The third kappa shape index (κ3) is 4.68. The van der Waals surface area contributed by atoms with Crippen LogP contribution in [-0.2, 0) is 19.0 Å². The Labute approximate surface area is 125 Å². The second-order valence-corrected chi connectivity index (χ2v) is 6.57. The predicted molar refractivity (Wildman–Crippen MR) is 76.1 cm³/mol. The standard InChI is InChI=1S/C15H25NO5/c1-15(2,3)21-14(18)16-6-9-20-12(10-16)13(17)11-4-7-19-8-5-11/h11-12H,4-10H2,1-3H3. The molecule has 0 saturated carbocycles. The van der Waals surface area contributed by atoms with Gasteiger partial charge in [0.05, 0.1) is 13.2 Å². The van der Waals surface area contributed by atoms with Gasteiger partial charge in [0.25, 0.3) is 0 Å². The monoisotopic (exact) mass is 299 g/mol. The Kier molecular flexibility index (Phi) is 5.22. The van der Waals surface area contributed by atoms with Crippen molar-refractivity contribution in [2.24, 2.45) is 5.92 Å². The minimum atomic E-state index is -0.533. The molecule has 0 aromatic heterocycles. The van der Waals surface area contributed by atoms with Crippen molar-refractivity contribution in [1.82, 2.24) is 4.90 Å². The summed E-state index contributed by atoms with van der Waals surface area (Å²) in [6, 6.07) is 0. The van der Waals surface area contributed by atoms with Gasteiger partial charge in [-0.3, -0.25) is 4.79 Å². The van der Waals surface area contributed by atoms with E-state index in [9.17, 15) is 9.59 Å². The number of nitrogens with zero attached hydrogens (tertiary/aromatic N) is 1. The van der Waals surface area contributed by atoms with Gasteiger partial charge < -0.3 is 19.1 Å². The highest BCUT2D eigenvalue weighted by Crippen LogP contribution is 2.21. The number of carbonyl (C=O) groups excluding carboxylic acids is 2. The van der Waals surface area contributed by atoms with Crippen LogP contribution in [0.1, 0.15) is 33.6 Å². The number of morpholine rings is 1. The number of ketones is 1. The van der Waals surface area contributed by atoms with Crippen LogP contribution < -0.4 is 0 Å².